The number of hydrogen-bond acceptors (Lipinski definition) is 6. The van der Waals surface area contributed by atoms with E-state index in [9.17, 15) is 10.1 Å². The highest BCUT2D eigenvalue weighted by molar-refractivity contribution is 5.89. The summed E-state index contributed by atoms with van der Waals surface area (Å²) in [4.78, 5) is 11.4. The quantitative estimate of drug-likeness (QED) is 0.638. The van der Waals surface area contributed by atoms with Gasteiger partial charge in [0.05, 0.1) is 7.11 Å². The lowest BCUT2D eigenvalue weighted by molar-refractivity contribution is 0.0564. The molecule has 0 amide bonds. The van der Waals surface area contributed by atoms with E-state index in [4.69, 9.17) is 4.42 Å². The molecule has 3 heterocycles. The molecule has 0 aromatic carbocycles. The Morgan fingerprint density at radius 3 is 3.04 bits per heavy atom. The summed E-state index contributed by atoms with van der Waals surface area (Å²) >= 11 is 0. The standard InChI is InChI=1S/C16H16N4O3/c1-22-16(21)13-7-6-12(23-13)9-11(10-17)15-19-18-14-5-3-2-4-8-20(14)15/h6-7,9H,2-5,8H2,1H3. The SMILES string of the molecule is COC(=O)c1ccc(C=C(C#N)c2nnc3n2CCCCC3)o1. The van der Waals surface area contributed by atoms with Crippen molar-refractivity contribution >= 4 is 17.6 Å². The van der Waals surface area contributed by atoms with E-state index < -0.39 is 5.97 Å². The van der Waals surface area contributed by atoms with Crippen LogP contribution in [-0.4, -0.2) is 27.8 Å². The fourth-order valence-corrected chi connectivity index (χ4v) is 2.61. The monoisotopic (exact) mass is 312 g/mol. The summed E-state index contributed by atoms with van der Waals surface area (Å²) in [5.41, 5.74) is 0.358. The minimum Gasteiger partial charge on any atom is -0.463 e. The van der Waals surface area contributed by atoms with Crippen LogP contribution >= 0.6 is 0 Å². The molecule has 118 valence electrons. The number of hydrogen-bond donors (Lipinski definition) is 0. The summed E-state index contributed by atoms with van der Waals surface area (Å²) in [6.07, 6.45) is 5.72. The fraction of sp³-hybridized carbons (Fsp3) is 0.375. The summed E-state index contributed by atoms with van der Waals surface area (Å²) in [6, 6.07) is 5.26. The molecule has 0 aliphatic carbocycles. The zero-order valence-electron chi connectivity index (χ0n) is 12.8. The van der Waals surface area contributed by atoms with Crippen molar-refractivity contribution in [2.24, 2.45) is 0 Å². The molecule has 7 nitrogen and oxygen atoms in total. The number of aromatic nitrogens is 3. The highest BCUT2D eigenvalue weighted by Crippen LogP contribution is 2.22. The van der Waals surface area contributed by atoms with E-state index in [1.807, 2.05) is 4.57 Å². The lowest BCUT2D eigenvalue weighted by atomic mass is 10.2. The van der Waals surface area contributed by atoms with Crippen LogP contribution in [0.2, 0.25) is 0 Å². The Balaban J connectivity index is 1.94. The van der Waals surface area contributed by atoms with Crippen molar-refractivity contribution in [1.29, 1.82) is 5.26 Å². The van der Waals surface area contributed by atoms with Crippen molar-refractivity contribution in [1.82, 2.24) is 14.8 Å². The van der Waals surface area contributed by atoms with Gasteiger partial charge >= 0.3 is 5.97 Å². The third-order valence-corrected chi connectivity index (χ3v) is 3.77. The molecule has 1 aliphatic heterocycles. The van der Waals surface area contributed by atoms with Gasteiger partial charge in [-0.25, -0.2) is 4.79 Å². The second-order valence-corrected chi connectivity index (χ2v) is 5.27. The number of methoxy groups -OCH3 is 1. The lowest BCUT2D eigenvalue weighted by Crippen LogP contribution is -2.05. The molecular weight excluding hydrogens is 296 g/mol. The molecule has 0 N–H and O–H groups in total. The smallest absolute Gasteiger partial charge is 0.373 e. The summed E-state index contributed by atoms with van der Waals surface area (Å²) < 4.78 is 12.0. The van der Waals surface area contributed by atoms with Crippen LogP contribution in [0.4, 0.5) is 0 Å². The van der Waals surface area contributed by atoms with Crippen LogP contribution < -0.4 is 0 Å². The first-order chi connectivity index (χ1) is 11.2. The lowest BCUT2D eigenvalue weighted by Gasteiger charge is -2.05. The number of fused-ring (bicyclic) bond motifs is 1. The Morgan fingerprint density at radius 1 is 1.39 bits per heavy atom. The van der Waals surface area contributed by atoms with E-state index in [0.29, 0.717) is 17.2 Å². The van der Waals surface area contributed by atoms with Crippen molar-refractivity contribution in [3.05, 3.63) is 35.3 Å². The van der Waals surface area contributed by atoms with Crippen LogP contribution in [0.15, 0.2) is 16.5 Å². The number of furan rings is 1. The molecule has 0 fully saturated rings. The largest absolute Gasteiger partial charge is 0.463 e. The number of nitriles is 1. The van der Waals surface area contributed by atoms with Crippen LogP contribution in [0.1, 0.15) is 47.2 Å². The maximum absolute atomic E-state index is 11.4. The molecule has 23 heavy (non-hydrogen) atoms. The van der Waals surface area contributed by atoms with Crippen LogP contribution in [0, 0.1) is 11.3 Å². The molecule has 0 atom stereocenters. The summed E-state index contributed by atoms with van der Waals surface area (Å²) in [5, 5.41) is 17.8. The Morgan fingerprint density at radius 2 is 2.26 bits per heavy atom. The van der Waals surface area contributed by atoms with Crippen LogP contribution in [0.3, 0.4) is 0 Å². The van der Waals surface area contributed by atoms with E-state index in [0.717, 1.165) is 38.1 Å². The number of rotatable bonds is 3. The van der Waals surface area contributed by atoms with Gasteiger partial charge in [-0.05, 0) is 25.0 Å². The molecule has 0 bridgehead atoms. The number of ether oxygens (including phenoxy) is 1. The predicted octanol–water partition coefficient (Wildman–Crippen LogP) is 2.45. The van der Waals surface area contributed by atoms with E-state index in [2.05, 4.69) is 21.0 Å². The number of aryl methyl sites for hydroxylation is 1. The summed E-state index contributed by atoms with van der Waals surface area (Å²) in [5.74, 6) is 1.39. The number of esters is 1. The maximum Gasteiger partial charge on any atom is 0.373 e. The molecule has 0 spiro atoms. The number of carbonyl (C=O) groups is 1. The zero-order valence-corrected chi connectivity index (χ0v) is 12.8. The zero-order chi connectivity index (χ0) is 16.2. The van der Waals surface area contributed by atoms with Gasteiger partial charge in [-0.2, -0.15) is 5.26 Å². The van der Waals surface area contributed by atoms with Gasteiger partial charge in [-0.15, -0.1) is 10.2 Å². The minimum atomic E-state index is -0.556. The van der Waals surface area contributed by atoms with Crippen molar-refractivity contribution in [2.45, 2.75) is 32.2 Å². The van der Waals surface area contributed by atoms with Crippen molar-refractivity contribution in [2.75, 3.05) is 7.11 Å². The molecule has 0 radical (unpaired) electrons. The van der Waals surface area contributed by atoms with Gasteiger partial charge in [0.25, 0.3) is 0 Å². The number of allylic oxidation sites excluding steroid dienone is 1. The summed E-state index contributed by atoms with van der Waals surface area (Å²) in [7, 11) is 1.28. The molecule has 0 unspecified atom stereocenters. The number of carbonyl (C=O) groups excluding carboxylic acids is 1. The van der Waals surface area contributed by atoms with Gasteiger partial charge in [0.2, 0.25) is 5.76 Å². The van der Waals surface area contributed by atoms with Gasteiger partial charge in [-0.3, -0.25) is 0 Å². The molecule has 0 saturated carbocycles. The molecule has 2 aromatic heterocycles. The summed E-state index contributed by atoms with van der Waals surface area (Å²) in [6.45, 7) is 0.808. The molecule has 3 rings (SSSR count). The van der Waals surface area contributed by atoms with E-state index in [-0.39, 0.29) is 5.76 Å². The third-order valence-electron chi connectivity index (χ3n) is 3.77. The van der Waals surface area contributed by atoms with Gasteiger partial charge < -0.3 is 13.7 Å². The van der Waals surface area contributed by atoms with E-state index in [1.165, 1.54) is 13.2 Å². The van der Waals surface area contributed by atoms with Gasteiger partial charge in [0.15, 0.2) is 5.82 Å². The number of nitrogens with zero attached hydrogens (tertiary/aromatic N) is 4. The topological polar surface area (TPSA) is 93.9 Å². The van der Waals surface area contributed by atoms with Crippen molar-refractivity contribution in [3.63, 3.8) is 0 Å². The normalized spacial score (nSPS) is 14.7. The predicted molar refractivity (Wildman–Crippen MR) is 81.1 cm³/mol. The molecule has 2 aromatic rings. The van der Waals surface area contributed by atoms with Crippen LogP contribution in [0.25, 0.3) is 11.6 Å². The molecule has 1 aliphatic rings. The van der Waals surface area contributed by atoms with Crippen molar-refractivity contribution < 1.29 is 13.9 Å². The average molecular weight is 312 g/mol. The average Bonchev–Trinajstić information content (AvgIpc) is 3.13. The molecule has 0 saturated heterocycles. The Kier molecular flexibility index (Phi) is 4.24. The first kappa shape index (κ1) is 15.0. The van der Waals surface area contributed by atoms with Gasteiger partial charge in [0, 0.05) is 19.0 Å². The first-order valence-electron chi connectivity index (χ1n) is 7.45. The molecular formula is C16H16N4O3. The second-order valence-electron chi connectivity index (χ2n) is 5.27. The third kappa shape index (κ3) is 3.01. The van der Waals surface area contributed by atoms with Crippen LogP contribution in [-0.2, 0) is 17.7 Å². The maximum atomic E-state index is 11.4. The van der Waals surface area contributed by atoms with Gasteiger partial charge in [0.1, 0.15) is 23.2 Å². The fourth-order valence-electron chi connectivity index (χ4n) is 2.61. The Bertz CT molecular complexity index is 795. The van der Waals surface area contributed by atoms with Gasteiger partial charge in [-0.1, -0.05) is 6.42 Å². The van der Waals surface area contributed by atoms with E-state index >= 15 is 0 Å². The van der Waals surface area contributed by atoms with Crippen LogP contribution in [0.5, 0.6) is 0 Å². The second kappa shape index (κ2) is 6.48. The Labute approximate surface area is 133 Å². The first-order valence-corrected chi connectivity index (χ1v) is 7.45. The highest BCUT2D eigenvalue weighted by atomic mass is 16.5. The van der Waals surface area contributed by atoms with Crippen molar-refractivity contribution in [3.8, 4) is 6.07 Å². The minimum absolute atomic E-state index is 0.0936. The van der Waals surface area contributed by atoms with E-state index in [1.54, 1.807) is 12.1 Å². The highest BCUT2D eigenvalue weighted by Gasteiger charge is 2.18. The Hall–Kier alpha value is -2.88. The molecule has 7 heteroatoms.